The highest BCUT2D eigenvalue weighted by Gasteiger charge is 2.08. The molecule has 0 fully saturated rings. The Morgan fingerprint density at radius 3 is 2.78 bits per heavy atom. The molecule has 9 heavy (non-hydrogen) atoms. The predicted octanol–water partition coefficient (Wildman–Crippen LogP) is 1.35. The van der Waals surface area contributed by atoms with Crippen molar-refractivity contribution < 1.29 is 5.21 Å². The van der Waals surface area contributed by atoms with E-state index >= 15 is 0 Å². The van der Waals surface area contributed by atoms with Gasteiger partial charge in [-0.2, -0.15) is 0 Å². The largest absolute Gasteiger partial charge is 0.288 e. The number of nitrogens with zero attached hydrogens (tertiary/aromatic N) is 1. The van der Waals surface area contributed by atoms with Gasteiger partial charge in [0.2, 0.25) is 0 Å². The molecule has 0 aromatic rings. The minimum Gasteiger partial charge on any atom is -0.288 e. The topological polar surface area (TPSA) is 23.5 Å². The molecule has 0 amide bonds. The Morgan fingerprint density at radius 1 is 1.56 bits per heavy atom. The third kappa shape index (κ3) is 1.33. The lowest BCUT2D eigenvalue weighted by molar-refractivity contribution is -0.0563. The molecule has 0 aliphatic carbocycles. The first-order valence-corrected chi connectivity index (χ1v) is 2.96. The van der Waals surface area contributed by atoms with Crippen molar-refractivity contribution in [2.45, 2.75) is 13.0 Å². The molecule has 0 spiro atoms. The van der Waals surface area contributed by atoms with Gasteiger partial charge in [0.15, 0.2) is 0 Å². The van der Waals surface area contributed by atoms with Crippen LogP contribution < -0.4 is 0 Å². The SMILES string of the molecule is C[CH]C1C=CC=CN1O. The van der Waals surface area contributed by atoms with Crippen LogP contribution in [0.25, 0.3) is 0 Å². The highest BCUT2D eigenvalue weighted by molar-refractivity contribution is 5.14. The Hall–Kier alpha value is -0.760. The Bertz CT molecular complexity index is 140. The van der Waals surface area contributed by atoms with E-state index in [9.17, 15) is 0 Å². The summed E-state index contributed by atoms with van der Waals surface area (Å²) in [5, 5.41) is 10.2. The average molecular weight is 124 g/mol. The number of hydrogen-bond acceptors (Lipinski definition) is 2. The molecule has 1 N–H and O–H groups in total. The first-order valence-electron chi connectivity index (χ1n) is 2.96. The van der Waals surface area contributed by atoms with Gasteiger partial charge < -0.3 is 0 Å². The van der Waals surface area contributed by atoms with Crippen LogP contribution in [0.5, 0.6) is 0 Å². The smallest absolute Gasteiger partial charge is 0.0768 e. The second-order valence-electron chi connectivity index (χ2n) is 1.93. The van der Waals surface area contributed by atoms with Crippen LogP contribution >= 0.6 is 0 Å². The zero-order valence-corrected chi connectivity index (χ0v) is 5.36. The summed E-state index contributed by atoms with van der Waals surface area (Å²) in [4.78, 5) is 0. The van der Waals surface area contributed by atoms with E-state index in [2.05, 4.69) is 0 Å². The molecule has 2 nitrogen and oxygen atoms in total. The second-order valence-corrected chi connectivity index (χ2v) is 1.93. The van der Waals surface area contributed by atoms with Crippen molar-refractivity contribution >= 4 is 0 Å². The van der Waals surface area contributed by atoms with Gasteiger partial charge in [0, 0.05) is 6.20 Å². The van der Waals surface area contributed by atoms with E-state index in [0.717, 1.165) is 0 Å². The zero-order valence-electron chi connectivity index (χ0n) is 5.36. The summed E-state index contributed by atoms with van der Waals surface area (Å²) in [5.41, 5.74) is 0. The minimum absolute atomic E-state index is 0.0509. The predicted molar refractivity (Wildman–Crippen MR) is 35.7 cm³/mol. The molecule has 1 unspecified atom stereocenters. The Balaban J connectivity index is 2.55. The lowest BCUT2D eigenvalue weighted by Crippen LogP contribution is -2.26. The van der Waals surface area contributed by atoms with Gasteiger partial charge in [0.05, 0.1) is 6.04 Å². The molecular weight excluding hydrogens is 114 g/mol. The molecule has 49 valence electrons. The van der Waals surface area contributed by atoms with Gasteiger partial charge in [0.25, 0.3) is 0 Å². The van der Waals surface area contributed by atoms with Crippen LogP contribution in [0.3, 0.4) is 0 Å². The normalized spacial score (nSPS) is 25.1. The van der Waals surface area contributed by atoms with Gasteiger partial charge in [-0.05, 0) is 12.5 Å². The first-order chi connectivity index (χ1) is 4.34. The molecule has 1 aliphatic heterocycles. The summed E-state index contributed by atoms with van der Waals surface area (Å²) in [6.07, 6.45) is 9.17. The van der Waals surface area contributed by atoms with Crippen molar-refractivity contribution in [3.05, 3.63) is 30.8 Å². The summed E-state index contributed by atoms with van der Waals surface area (Å²) in [5.74, 6) is 0. The van der Waals surface area contributed by atoms with E-state index in [1.807, 2.05) is 25.5 Å². The van der Waals surface area contributed by atoms with Gasteiger partial charge >= 0.3 is 0 Å². The van der Waals surface area contributed by atoms with Gasteiger partial charge in [0.1, 0.15) is 0 Å². The Kier molecular flexibility index (Phi) is 1.90. The molecule has 1 heterocycles. The molecule has 1 radical (unpaired) electrons. The lowest BCUT2D eigenvalue weighted by atomic mass is 10.2. The van der Waals surface area contributed by atoms with Crippen molar-refractivity contribution in [2.75, 3.05) is 0 Å². The molecular formula is C7H10NO. The maximum absolute atomic E-state index is 9.03. The van der Waals surface area contributed by atoms with Crippen molar-refractivity contribution in [1.82, 2.24) is 5.06 Å². The molecule has 0 saturated heterocycles. The monoisotopic (exact) mass is 124 g/mol. The van der Waals surface area contributed by atoms with Crippen LogP contribution in [0.1, 0.15) is 6.92 Å². The Labute approximate surface area is 55.1 Å². The fourth-order valence-electron chi connectivity index (χ4n) is 0.767. The van der Waals surface area contributed by atoms with Crippen LogP contribution in [0.15, 0.2) is 24.4 Å². The zero-order chi connectivity index (χ0) is 6.69. The highest BCUT2D eigenvalue weighted by atomic mass is 16.5. The molecule has 0 bridgehead atoms. The van der Waals surface area contributed by atoms with Crippen LogP contribution in [0.4, 0.5) is 0 Å². The highest BCUT2D eigenvalue weighted by Crippen LogP contribution is 2.06. The van der Waals surface area contributed by atoms with Gasteiger partial charge in [-0.25, -0.2) is 0 Å². The quantitative estimate of drug-likeness (QED) is 0.570. The number of rotatable bonds is 1. The van der Waals surface area contributed by atoms with Gasteiger partial charge in [-0.15, -0.1) is 0 Å². The summed E-state index contributed by atoms with van der Waals surface area (Å²) >= 11 is 0. The number of hydroxylamine groups is 2. The fourth-order valence-corrected chi connectivity index (χ4v) is 0.767. The molecule has 2 heteroatoms. The molecule has 0 aromatic carbocycles. The standard InChI is InChI=1S/C7H10NO/c1-2-7-5-3-4-6-8(7)9/h2-7,9H,1H3. The number of hydrogen-bond donors (Lipinski definition) is 1. The molecule has 1 aliphatic rings. The van der Waals surface area contributed by atoms with Crippen molar-refractivity contribution in [3.63, 3.8) is 0 Å². The van der Waals surface area contributed by atoms with Crippen molar-refractivity contribution in [1.29, 1.82) is 0 Å². The van der Waals surface area contributed by atoms with Crippen LogP contribution in [0, 0.1) is 6.42 Å². The van der Waals surface area contributed by atoms with E-state index < -0.39 is 0 Å². The van der Waals surface area contributed by atoms with Gasteiger partial charge in [-0.1, -0.05) is 19.1 Å². The van der Waals surface area contributed by atoms with Crippen molar-refractivity contribution in [3.8, 4) is 0 Å². The second kappa shape index (κ2) is 2.69. The van der Waals surface area contributed by atoms with E-state index in [1.54, 1.807) is 12.3 Å². The van der Waals surface area contributed by atoms with Crippen LogP contribution in [-0.4, -0.2) is 16.3 Å². The molecule has 1 rings (SSSR count). The summed E-state index contributed by atoms with van der Waals surface area (Å²) in [6.45, 7) is 1.91. The average Bonchev–Trinajstić information content (AvgIpc) is 1.89. The van der Waals surface area contributed by atoms with Crippen LogP contribution in [-0.2, 0) is 0 Å². The Morgan fingerprint density at radius 2 is 2.33 bits per heavy atom. The summed E-state index contributed by atoms with van der Waals surface area (Å²) in [7, 11) is 0. The van der Waals surface area contributed by atoms with E-state index in [4.69, 9.17) is 5.21 Å². The van der Waals surface area contributed by atoms with E-state index in [1.165, 1.54) is 5.06 Å². The third-order valence-corrected chi connectivity index (χ3v) is 1.31. The molecule has 0 aromatic heterocycles. The number of allylic oxidation sites excluding steroid dienone is 2. The fraction of sp³-hybridized carbons (Fsp3) is 0.286. The first kappa shape index (κ1) is 6.36. The molecule has 0 saturated carbocycles. The maximum atomic E-state index is 9.03. The van der Waals surface area contributed by atoms with Crippen LogP contribution in [0.2, 0.25) is 0 Å². The van der Waals surface area contributed by atoms with E-state index in [0.29, 0.717) is 0 Å². The summed E-state index contributed by atoms with van der Waals surface area (Å²) in [6, 6.07) is 0.0509. The van der Waals surface area contributed by atoms with E-state index in [-0.39, 0.29) is 6.04 Å². The maximum Gasteiger partial charge on any atom is 0.0768 e. The lowest BCUT2D eigenvalue weighted by Gasteiger charge is -2.21. The third-order valence-electron chi connectivity index (χ3n) is 1.31. The van der Waals surface area contributed by atoms with Gasteiger partial charge in [-0.3, -0.25) is 10.3 Å². The molecule has 1 atom stereocenters. The summed E-state index contributed by atoms with van der Waals surface area (Å²) < 4.78 is 0. The minimum atomic E-state index is 0.0509. The van der Waals surface area contributed by atoms with Crippen molar-refractivity contribution in [2.24, 2.45) is 0 Å².